The molecule has 146 valence electrons. The van der Waals surface area contributed by atoms with E-state index in [-0.39, 0.29) is 17.9 Å². The van der Waals surface area contributed by atoms with E-state index in [1.54, 1.807) is 38.1 Å². The quantitative estimate of drug-likeness (QED) is 0.618. The summed E-state index contributed by atoms with van der Waals surface area (Å²) in [6.45, 7) is 10.0. The molecule has 1 N–H and O–H groups in total. The van der Waals surface area contributed by atoms with Crippen LogP contribution >= 0.6 is 11.6 Å². The summed E-state index contributed by atoms with van der Waals surface area (Å²) in [6.07, 6.45) is 1.00. The van der Waals surface area contributed by atoms with Crippen molar-refractivity contribution in [1.29, 1.82) is 0 Å². The first-order valence-corrected chi connectivity index (χ1v) is 9.87. The molecular weight excluding hydrogens is 358 g/mol. The minimum absolute atomic E-state index is 0.00427. The molecule has 0 aliphatic rings. The van der Waals surface area contributed by atoms with Gasteiger partial charge in [0.2, 0.25) is 0 Å². The standard InChI is InChI=1S/C23H30ClNO2/c1-16(2)15-21(18-9-7-6-8-10-18)17(3)25-22(26)23(4,5)27-20-13-11-19(24)12-14-20/h6-14,16-17,21H,15H2,1-5H3,(H,25,26). The average molecular weight is 388 g/mol. The van der Waals surface area contributed by atoms with Crippen molar-refractivity contribution >= 4 is 17.5 Å². The second-order valence-corrected chi connectivity index (χ2v) is 8.41. The first-order valence-electron chi connectivity index (χ1n) is 9.49. The maximum absolute atomic E-state index is 12.9. The zero-order valence-electron chi connectivity index (χ0n) is 16.8. The Labute approximate surface area is 168 Å². The second-order valence-electron chi connectivity index (χ2n) is 7.98. The van der Waals surface area contributed by atoms with Crippen LogP contribution in [-0.4, -0.2) is 17.6 Å². The molecule has 2 aromatic rings. The smallest absolute Gasteiger partial charge is 0.263 e. The molecule has 2 rings (SSSR count). The van der Waals surface area contributed by atoms with Gasteiger partial charge in [0.15, 0.2) is 5.60 Å². The topological polar surface area (TPSA) is 38.3 Å². The van der Waals surface area contributed by atoms with Gasteiger partial charge < -0.3 is 10.1 Å². The predicted octanol–water partition coefficient (Wildman–Crippen LogP) is 5.83. The fourth-order valence-corrected chi connectivity index (χ4v) is 3.29. The van der Waals surface area contributed by atoms with E-state index in [1.807, 2.05) is 18.2 Å². The molecule has 4 heteroatoms. The van der Waals surface area contributed by atoms with Crippen molar-refractivity contribution in [2.45, 2.75) is 58.6 Å². The number of hydrogen-bond donors (Lipinski definition) is 1. The number of benzene rings is 2. The van der Waals surface area contributed by atoms with Gasteiger partial charge in [-0.1, -0.05) is 55.8 Å². The highest BCUT2D eigenvalue weighted by molar-refractivity contribution is 6.30. The van der Waals surface area contributed by atoms with Crippen molar-refractivity contribution in [3.63, 3.8) is 0 Å². The normalized spacial score (nSPS) is 13.9. The van der Waals surface area contributed by atoms with Crippen LogP contribution in [0.5, 0.6) is 5.75 Å². The molecule has 3 nitrogen and oxygen atoms in total. The molecular formula is C23H30ClNO2. The van der Waals surface area contributed by atoms with E-state index in [1.165, 1.54) is 5.56 Å². The van der Waals surface area contributed by atoms with Gasteiger partial charge in [0, 0.05) is 17.0 Å². The molecule has 0 radical (unpaired) electrons. The largest absolute Gasteiger partial charge is 0.478 e. The van der Waals surface area contributed by atoms with Gasteiger partial charge in [-0.25, -0.2) is 0 Å². The van der Waals surface area contributed by atoms with E-state index in [2.05, 4.69) is 38.2 Å². The summed E-state index contributed by atoms with van der Waals surface area (Å²) in [5, 5.41) is 3.80. The zero-order chi connectivity index (χ0) is 20.0. The Bertz CT molecular complexity index is 726. The molecule has 0 heterocycles. The maximum atomic E-state index is 12.9. The van der Waals surface area contributed by atoms with Gasteiger partial charge in [-0.2, -0.15) is 0 Å². The molecule has 2 aromatic carbocycles. The Hall–Kier alpha value is -2.00. The molecule has 0 saturated heterocycles. The molecule has 0 bridgehead atoms. The van der Waals surface area contributed by atoms with Gasteiger partial charge in [-0.05, 0) is 62.9 Å². The number of amides is 1. The van der Waals surface area contributed by atoms with E-state index >= 15 is 0 Å². The van der Waals surface area contributed by atoms with E-state index in [0.29, 0.717) is 16.7 Å². The molecule has 27 heavy (non-hydrogen) atoms. The van der Waals surface area contributed by atoms with E-state index in [4.69, 9.17) is 16.3 Å². The Morgan fingerprint density at radius 2 is 1.63 bits per heavy atom. The van der Waals surface area contributed by atoms with E-state index < -0.39 is 5.60 Å². The summed E-state index contributed by atoms with van der Waals surface area (Å²) in [4.78, 5) is 12.9. The number of carbonyl (C=O) groups excluding carboxylic acids is 1. The summed E-state index contributed by atoms with van der Waals surface area (Å²) in [5.74, 6) is 1.28. The van der Waals surface area contributed by atoms with Crippen LogP contribution < -0.4 is 10.1 Å². The number of carbonyl (C=O) groups is 1. The van der Waals surface area contributed by atoms with Crippen LogP contribution in [0, 0.1) is 5.92 Å². The van der Waals surface area contributed by atoms with Crippen LogP contribution in [0.3, 0.4) is 0 Å². The first-order chi connectivity index (χ1) is 12.7. The van der Waals surface area contributed by atoms with Crippen LogP contribution in [0.2, 0.25) is 5.02 Å². The third-order valence-corrected chi connectivity index (χ3v) is 4.90. The number of halogens is 1. The lowest BCUT2D eigenvalue weighted by Crippen LogP contribution is -2.50. The van der Waals surface area contributed by atoms with Gasteiger partial charge >= 0.3 is 0 Å². The van der Waals surface area contributed by atoms with Crippen molar-refractivity contribution in [2.75, 3.05) is 0 Å². The predicted molar refractivity (Wildman–Crippen MR) is 112 cm³/mol. The molecule has 0 aliphatic carbocycles. The van der Waals surface area contributed by atoms with Crippen molar-refractivity contribution in [3.8, 4) is 5.75 Å². The molecule has 0 aromatic heterocycles. The summed E-state index contributed by atoms with van der Waals surface area (Å²) < 4.78 is 5.92. The molecule has 1 amide bonds. The average Bonchev–Trinajstić information content (AvgIpc) is 2.62. The van der Waals surface area contributed by atoms with Crippen LogP contribution in [0.1, 0.15) is 52.5 Å². The lowest BCUT2D eigenvalue weighted by molar-refractivity contribution is -0.135. The number of hydrogen-bond acceptors (Lipinski definition) is 2. The van der Waals surface area contributed by atoms with Gasteiger partial charge in [0.05, 0.1) is 0 Å². The van der Waals surface area contributed by atoms with Crippen molar-refractivity contribution in [1.82, 2.24) is 5.32 Å². The molecule has 0 fully saturated rings. The van der Waals surface area contributed by atoms with Crippen molar-refractivity contribution < 1.29 is 9.53 Å². The van der Waals surface area contributed by atoms with E-state index in [9.17, 15) is 4.79 Å². The number of nitrogens with one attached hydrogen (secondary N) is 1. The Kier molecular flexibility index (Phi) is 7.32. The van der Waals surface area contributed by atoms with Crippen molar-refractivity contribution in [3.05, 3.63) is 65.2 Å². The highest BCUT2D eigenvalue weighted by Gasteiger charge is 2.33. The molecule has 0 spiro atoms. The Balaban J connectivity index is 2.09. The summed E-state index contributed by atoms with van der Waals surface area (Å²) in [5.41, 5.74) is 0.261. The fraction of sp³-hybridized carbons (Fsp3) is 0.435. The summed E-state index contributed by atoms with van der Waals surface area (Å²) in [7, 11) is 0. The minimum Gasteiger partial charge on any atom is -0.478 e. The fourth-order valence-electron chi connectivity index (χ4n) is 3.16. The van der Waals surface area contributed by atoms with Crippen LogP contribution in [0.25, 0.3) is 0 Å². The van der Waals surface area contributed by atoms with Crippen LogP contribution in [0.15, 0.2) is 54.6 Å². The Morgan fingerprint density at radius 1 is 1.04 bits per heavy atom. The maximum Gasteiger partial charge on any atom is 0.263 e. The lowest BCUT2D eigenvalue weighted by Gasteiger charge is -2.31. The summed E-state index contributed by atoms with van der Waals surface area (Å²) in [6, 6.07) is 17.4. The van der Waals surface area contributed by atoms with Gasteiger partial charge in [-0.15, -0.1) is 0 Å². The monoisotopic (exact) mass is 387 g/mol. The molecule has 2 atom stereocenters. The number of ether oxygens (including phenoxy) is 1. The highest BCUT2D eigenvalue weighted by Crippen LogP contribution is 2.28. The van der Waals surface area contributed by atoms with Gasteiger partial charge in [0.25, 0.3) is 5.91 Å². The highest BCUT2D eigenvalue weighted by atomic mass is 35.5. The first kappa shape index (κ1) is 21.3. The van der Waals surface area contributed by atoms with Crippen LogP contribution in [0.4, 0.5) is 0 Å². The second kappa shape index (κ2) is 9.27. The third kappa shape index (κ3) is 6.28. The van der Waals surface area contributed by atoms with E-state index in [0.717, 1.165) is 6.42 Å². The lowest BCUT2D eigenvalue weighted by atomic mass is 9.85. The van der Waals surface area contributed by atoms with Gasteiger partial charge in [0.1, 0.15) is 5.75 Å². The third-order valence-electron chi connectivity index (χ3n) is 4.65. The van der Waals surface area contributed by atoms with Crippen LogP contribution in [-0.2, 0) is 4.79 Å². The number of rotatable bonds is 8. The SMILES string of the molecule is CC(C)CC(c1ccccc1)C(C)NC(=O)C(C)(C)Oc1ccc(Cl)cc1. The minimum atomic E-state index is -0.985. The van der Waals surface area contributed by atoms with Gasteiger partial charge in [-0.3, -0.25) is 4.79 Å². The molecule has 0 saturated carbocycles. The summed E-state index contributed by atoms with van der Waals surface area (Å²) >= 11 is 5.91. The van der Waals surface area contributed by atoms with Crippen molar-refractivity contribution in [2.24, 2.45) is 5.92 Å². The molecule has 0 aliphatic heterocycles. The Morgan fingerprint density at radius 3 is 2.19 bits per heavy atom. The molecule has 2 unspecified atom stereocenters. The zero-order valence-corrected chi connectivity index (χ0v) is 17.6.